The first-order chi connectivity index (χ1) is 8.26. The molecule has 17 heavy (non-hydrogen) atoms. The molecular formula is C15H26N2. The molecule has 0 aromatic heterocycles. The van der Waals surface area contributed by atoms with Gasteiger partial charge in [-0.05, 0) is 17.9 Å². The molecule has 0 aliphatic carbocycles. The van der Waals surface area contributed by atoms with Gasteiger partial charge in [-0.3, -0.25) is 4.90 Å². The smallest absolute Gasteiger partial charge is 0.0234 e. The Bertz CT molecular complexity index is 284. The average molecular weight is 234 g/mol. The lowest BCUT2D eigenvalue weighted by Crippen LogP contribution is -2.32. The van der Waals surface area contributed by atoms with Crippen LogP contribution >= 0.6 is 0 Å². The SMILES string of the molecule is CCCC(C)CN(CCN)Cc1ccccc1. The van der Waals surface area contributed by atoms with E-state index < -0.39 is 0 Å². The predicted molar refractivity (Wildman–Crippen MR) is 74.8 cm³/mol. The first kappa shape index (κ1) is 14.2. The molecule has 0 fully saturated rings. The van der Waals surface area contributed by atoms with Gasteiger partial charge in [0.1, 0.15) is 0 Å². The molecule has 1 aromatic rings. The molecule has 0 amide bonds. The summed E-state index contributed by atoms with van der Waals surface area (Å²) < 4.78 is 0. The van der Waals surface area contributed by atoms with Crippen molar-refractivity contribution in [1.82, 2.24) is 4.90 Å². The van der Waals surface area contributed by atoms with E-state index in [0.29, 0.717) is 0 Å². The van der Waals surface area contributed by atoms with Crippen LogP contribution in [0.15, 0.2) is 30.3 Å². The van der Waals surface area contributed by atoms with Crippen LogP contribution in [0.3, 0.4) is 0 Å². The van der Waals surface area contributed by atoms with Crippen LogP contribution in [-0.2, 0) is 6.54 Å². The Balaban J connectivity index is 2.48. The fourth-order valence-corrected chi connectivity index (χ4v) is 2.28. The second-order valence-corrected chi connectivity index (χ2v) is 4.90. The third-order valence-corrected chi connectivity index (χ3v) is 3.05. The Labute approximate surface area is 106 Å². The van der Waals surface area contributed by atoms with Crippen LogP contribution in [0, 0.1) is 5.92 Å². The molecule has 0 saturated carbocycles. The van der Waals surface area contributed by atoms with Crippen molar-refractivity contribution in [1.29, 1.82) is 0 Å². The van der Waals surface area contributed by atoms with E-state index in [4.69, 9.17) is 5.73 Å². The highest BCUT2D eigenvalue weighted by Gasteiger charge is 2.09. The van der Waals surface area contributed by atoms with Gasteiger partial charge in [-0.2, -0.15) is 0 Å². The fraction of sp³-hybridized carbons (Fsp3) is 0.600. The summed E-state index contributed by atoms with van der Waals surface area (Å²) in [4.78, 5) is 2.47. The Morgan fingerprint density at radius 3 is 2.53 bits per heavy atom. The van der Waals surface area contributed by atoms with Gasteiger partial charge in [0, 0.05) is 26.2 Å². The highest BCUT2D eigenvalue weighted by molar-refractivity contribution is 5.14. The first-order valence-electron chi connectivity index (χ1n) is 6.72. The minimum absolute atomic E-state index is 0.742. The van der Waals surface area contributed by atoms with E-state index >= 15 is 0 Å². The number of rotatable bonds is 8. The fourth-order valence-electron chi connectivity index (χ4n) is 2.28. The Hall–Kier alpha value is -0.860. The molecule has 2 N–H and O–H groups in total. The minimum Gasteiger partial charge on any atom is -0.329 e. The Morgan fingerprint density at radius 2 is 1.94 bits per heavy atom. The summed E-state index contributed by atoms with van der Waals surface area (Å²) in [6.45, 7) is 8.49. The zero-order valence-corrected chi connectivity index (χ0v) is 11.2. The van der Waals surface area contributed by atoms with Crippen LogP contribution < -0.4 is 5.73 Å². The van der Waals surface area contributed by atoms with Crippen LogP contribution in [0.5, 0.6) is 0 Å². The van der Waals surface area contributed by atoms with Gasteiger partial charge in [-0.1, -0.05) is 50.6 Å². The van der Waals surface area contributed by atoms with Gasteiger partial charge < -0.3 is 5.73 Å². The zero-order chi connectivity index (χ0) is 12.5. The van der Waals surface area contributed by atoms with Gasteiger partial charge in [-0.15, -0.1) is 0 Å². The van der Waals surface area contributed by atoms with Crippen LogP contribution in [0.4, 0.5) is 0 Å². The van der Waals surface area contributed by atoms with Gasteiger partial charge in [-0.25, -0.2) is 0 Å². The molecule has 1 unspecified atom stereocenters. The molecule has 2 heteroatoms. The molecule has 1 atom stereocenters. The molecule has 1 rings (SSSR count). The van der Waals surface area contributed by atoms with Crippen molar-refractivity contribution in [2.75, 3.05) is 19.6 Å². The number of hydrogen-bond acceptors (Lipinski definition) is 2. The van der Waals surface area contributed by atoms with Crippen LogP contribution in [0.1, 0.15) is 32.3 Å². The van der Waals surface area contributed by atoms with E-state index in [2.05, 4.69) is 49.1 Å². The van der Waals surface area contributed by atoms with Crippen molar-refractivity contribution in [2.45, 2.75) is 33.2 Å². The van der Waals surface area contributed by atoms with E-state index in [1.807, 2.05) is 0 Å². The molecular weight excluding hydrogens is 208 g/mol. The van der Waals surface area contributed by atoms with Gasteiger partial charge in [0.25, 0.3) is 0 Å². The van der Waals surface area contributed by atoms with Gasteiger partial charge >= 0.3 is 0 Å². The van der Waals surface area contributed by atoms with Crippen molar-refractivity contribution in [2.24, 2.45) is 11.7 Å². The lowest BCUT2D eigenvalue weighted by atomic mass is 10.1. The van der Waals surface area contributed by atoms with Gasteiger partial charge in [0.05, 0.1) is 0 Å². The topological polar surface area (TPSA) is 29.3 Å². The summed E-state index contributed by atoms with van der Waals surface area (Å²) in [5.41, 5.74) is 7.07. The Morgan fingerprint density at radius 1 is 1.24 bits per heavy atom. The van der Waals surface area contributed by atoms with Gasteiger partial charge in [0.15, 0.2) is 0 Å². The van der Waals surface area contributed by atoms with Crippen LogP contribution in [0.2, 0.25) is 0 Å². The van der Waals surface area contributed by atoms with Gasteiger partial charge in [0.2, 0.25) is 0 Å². The molecule has 1 aromatic carbocycles. The molecule has 0 aliphatic heterocycles. The third-order valence-electron chi connectivity index (χ3n) is 3.05. The molecule has 0 radical (unpaired) electrons. The van der Waals surface area contributed by atoms with Crippen LogP contribution in [0.25, 0.3) is 0 Å². The lowest BCUT2D eigenvalue weighted by molar-refractivity contribution is 0.229. The standard InChI is InChI=1S/C15H26N2/c1-3-7-14(2)12-17(11-10-16)13-15-8-5-4-6-9-15/h4-6,8-9,14H,3,7,10-13,16H2,1-2H3. The first-order valence-corrected chi connectivity index (χ1v) is 6.72. The highest BCUT2D eigenvalue weighted by Crippen LogP contribution is 2.10. The number of nitrogens with zero attached hydrogens (tertiary/aromatic N) is 1. The average Bonchev–Trinajstić information content (AvgIpc) is 2.31. The largest absolute Gasteiger partial charge is 0.329 e. The van der Waals surface area contributed by atoms with E-state index in [1.165, 1.54) is 18.4 Å². The second kappa shape index (κ2) is 8.26. The van der Waals surface area contributed by atoms with Crippen molar-refractivity contribution in [3.8, 4) is 0 Å². The quantitative estimate of drug-likeness (QED) is 0.749. The van der Waals surface area contributed by atoms with Crippen molar-refractivity contribution in [3.63, 3.8) is 0 Å². The minimum atomic E-state index is 0.742. The normalized spacial score (nSPS) is 12.9. The summed E-state index contributed by atoms with van der Waals surface area (Å²) in [5.74, 6) is 0.760. The summed E-state index contributed by atoms with van der Waals surface area (Å²) >= 11 is 0. The molecule has 0 heterocycles. The van der Waals surface area contributed by atoms with Crippen molar-refractivity contribution in [3.05, 3.63) is 35.9 Å². The van der Waals surface area contributed by atoms with E-state index in [9.17, 15) is 0 Å². The molecule has 0 aliphatic rings. The second-order valence-electron chi connectivity index (χ2n) is 4.90. The summed E-state index contributed by atoms with van der Waals surface area (Å²) in [7, 11) is 0. The summed E-state index contributed by atoms with van der Waals surface area (Å²) in [5, 5.41) is 0. The highest BCUT2D eigenvalue weighted by atomic mass is 15.1. The summed E-state index contributed by atoms with van der Waals surface area (Å²) in [6.07, 6.45) is 2.57. The Kier molecular flexibility index (Phi) is 6.90. The van der Waals surface area contributed by atoms with Crippen LogP contribution in [-0.4, -0.2) is 24.5 Å². The van der Waals surface area contributed by atoms with E-state index in [1.54, 1.807) is 0 Å². The monoisotopic (exact) mass is 234 g/mol. The molecule has 0 bridgehead atoms. The summed E-state index contributed by atoms with van der Waals surface area (Å²) in [6, 6.07) is 10.6. The molecule has 96 valence electrons. The zero-order valence-electron chi connectivity index (χ0n) is 11.2. The lowest BCUT2D eigenvalue weighted by Gasteiger charge is -2.25. The molecule has 2 nitrogen and oxygen atoms in total. The number of hydrogen-bond donors (Lipinski definition) is 1. The maximum Gasteiger partial charge on any atom is 0.0234 e. The molecule has 0 spiro atoms. The maximum absolute atomic E-state index is 5.69. The number of benzene rings is 1. The van der Waals surface area contributed by atoms with E-state index in [0.717, 1.165) is 32.1 Å². The van der Waals surface area contributed by atoms with Crippen molar-refractivity contribution >= 4 is 0 Å². The van der Waals surface area contributed by atoms with E-state index in [-0.39, 0.29) is 0 Å². The third kappa shape index (κ3) is 5.85. The van der Waals surface area contributed by atoms with Crippen molar-refractivity contribution < 1.29 is 0 Å². The maximum atomic E-state index is 5.69. The molecule has 0 saturated heterocycles. The number of nitrogens with two attached hydrogens (primary N) is 1. The predicted octanol–water partition coefficient (Wildman–Crippen LogP) is 2.88.